The molecule has 0 amide bonds. The van der Waals surface area contributed by atoms with Crippen LogP contribution in [-0.4, -0.2) is 11.8 Å². The summed E-state index contributed by atoms with van der Waals surface area (Å²) >= 11 is 0. The molecule has 0 heterocycles. The topological polar surface area (TPSA) is 32.6 Å². The summed E-state index contributed by atoms with van der Waals surface area (Å²) in [6.45, 7) is 5.71. The Kier molecular flexibility index (Phi) is 4.64. The van der Waals surface area contributed by atoms with Crippen LogP contribution in [0.25, 0.3) is 0 Å². The van der Waals surface area contributed by atoms with E-state index in [9.17, 15) is 5.11 Å². The third-order valence-electron chi connectivity index (χ3n) is 1.60. The molecule has 0 aromatic heterocycles. The number of rotatable bonds is 2. The number of hydrogen-bond acceptors (Lipinski definition) is 2. The molecule has 0 fully saturated rings. The summed E-state index contributed by atoms with van der Waals surface area (Å²) in [6.07, 6.45) is 0. The average Bonchev–Trinajstić information content (AvgIpc) is 1.99. The van der Waals surface area contributed by atoms with Gasteiger partial charge in [-0.15, -0.1) is 0 Å². The van der Waals surface area contributed by atoms with Crippen molar-refractivity contribution in [3.05, 3.63) is 29.3 Å². The molecule has 1 aromatic rings. The Morgan fingerprint density at radius 2 is 2.17 bits per heavy atom. The second-order valence-corrected chi connectivity index (χ2v) is 2.46. The molecule has 0 aliphatic rings. The van der Waals surface area contributed by atoms with Gasteiger partial charge in [-0.1, -0.05) is 18.2 Å². The number of aromatic hydroxyl groups is 1. The molecule has 0 spiro atoms. The van der Waals surface area contributed by atoms with E-state index < -0.39 is 0 Å². The standard InChI is InChI=1S/C9H11NO.Mn/c1-7-4-3-5-8(6-10-2)9(7)11;/h3-5,11H,2,6H2,1H3;. The van der Waals surface area contributed by atoms with Gasteiger partial charge in [0.15, 0.2) is 0 Å². The van der Waals surface area contributed by atoms with Gasteiger partial charge in [0.25, 0.3) is 0 Å². The molecule has 1 N–H and O–H groups in total. The van der Waals surface area contributed by atoms with Crippen molar-refractivity contribution in [1.29, 1.82) is 0 Å². The second-order valence-electron chi connectivity index (χ2n) is 2.46. The van der Waals surface area contributed by atoms with Crippen molar-refractivity contribution in [2.75, 3.05) is 0 Å². The number of phenols is 1. The smallest absolute Gasteiger partial charge is 0.123 e. The van der Waals surface area contributed by atoms with E-state index in [1.165, 1.54) is 0 Å². The Hall–Kier alpha value is -0.791. The molecule has 0 aliphatic heterocycles. The Morgan fingerprint density at radius 1 is 1.50 bits per heavy atom. The first-order valence-corrected chi connectivity index (χ1v) is 3.45. The number of benzene rings is 1. The Balaban J connectivity index is 0.00000121. The van der Waals surface area contributed by atoms with Gasteiger partial charge in [0, 0.05) is 22.6 Å². The largest absolute Gasteiger partial charge is 0.507 e. The molecule has 2 nitrogen and oxygen atoms in total. The van der Waals surface area contributed by atoms with E-state index in [0.717, 1.165) is 11.1 Å². The third kappa shape index (κ3) is 2.36. The molecule has 0 unspecified atom stereocenters. The van der Waals surface area contributed by atoms with Gasteiger partial charge in [-0.25, -0.2) is 0 Å². The normalized spacial score (nSPS) is 8.75. The molecule has 3 heteroatoms. The van der Waals surface area contributed by atoms with Gasteiger partial charge in [0.1, 0.15) is 5.75 Å². The predicted molar refractivity (Wildman–Crippen MR) is 46.1 cm³/mol. The third-order valence-corrected chi connectivity index (χ3v) is 1.60. The maximum atomic E-state index is 9.44. The van der Waals surface area contributed by atoms with Crippen LogP contribution in [0.2, 0.25) is 0 Å². The quantitative estimate of drug-likeness (QED) is 0.579. The van der Waals surface area contributed by atoms with Gasteiger partial charge in [-0.2, -0.15) is 0 Å². The number of hydrogen-bond donors (Lipinski definition) is 1. The molecule has 0 saturated heterocycles. The van der Waals surface area contributed by atoms with Crippen molar-refractivity contribution in [1.82, 2.24) is 0 Å². The van der Waals surface area contributed by atoms with Gasteiger partial charge in [-0.3, -0.25) is 4.99 Å². The van der Waals surface area contributed by atoms with Crippen LogP contribution in [0.4, 0.5) is 0 Å². The van der Waals surface area contributed by atoms with E-state index >= 15 is 0 Å². The van der Waals surface area contributed by atoms with Crippen molar-refractivity contribution in [3.8, 4) is 5.75 Å². The number of para-hydroxylation sites is 1. The van der Waals surface area contributed by atoms with Crippen LogP contribution < -0.4 is 0 Å². The van der Waals surface area contributed by atoms with Crippen molar-refractivity contribution in [2.45, 2.75) is 13.5 Å². The molecule has 0 atom stereocenters. The van der Waals surface area contributed by atoms with E-state index in [1.807, 2.05) is 25.1 Å². The zero-order valence-electron chi connectivity index (χ0n) is 6.92. The summed E-state index contributed by atoms with van der Waals surface area (Å²) < 4.78 is 0. The fourth-order valence-electron chi connectivity index (χ4n) is 0.968. The second kappa shape index (κ2) is 4.96. The van der Waals surface area contributed by atoms with Crippen molar-refractivity contribution < 1.29 is 22.2 Å². The number of phenolic OH excluding ortho intramolecular Hbond substituents is 1. The molecule has 0 saturated carbocycles. The maximum Gasteiger partial charge on any atom is 0.123 e. The summed E-state index contributed by atoms with van der Waals surface area (Å²) in [4.78, 5) is 3.70. The molecule has 65 valence electrons. The minimum Gasteiger partial charge on any atom is -0.507 e. The first-order chi connectivity index (χ1) is 5.25. The number of aliphatic imine (C=N–C) groups is 1. The Bertz CT molecular complexity index is 273. The van der Waals surface area contributed by atoms with Crippen molar-refractivity contribution in [3.63, 3.8) is 0 Å². The fourth-order valence-corrected chi connectivity index (χ4v) is 0.968. The van der Waals surface area contributed by atoms with Gasteiger partial charge in [0.05, 0.1) is 6.54 Å². The zero-order chi connectivity index (χ0) is 8.27. The first kappa shape index (κ1) is 11.2. The van der Waals surface area contributed by atoms with Crippen LogP contribution in [0.1, 0.15) is 11.1 Å². The molecule has 1 aromatic carbocycles. The molecule has 1 radical (unpaired) electrons. The number of aryl methyl sites for hydroxylation is 1. The Labute approximate surface area is 82.8 Å². The number of nitrogens with zero attached hydrogens (tertiary/aromatic N) is 1. The van der Waals surface area contributed by atoms with Crippen LogP contribution in [-0.2, 0) is 23.6 Å². The van der Waals surface area contributed by atoms with E-state index in [4.69, 9.17) is 0 Å². The van der Waals surface area contributed by atoms with Gasteiger partial charge in [-0.05, 0) is 19.2 Å². The monoisotopic (exact) mass is 204 g/mol. The van der Waals surface area contributed by atoms with Gasteiger partial charge < -0.3 is 5.11 Å². The molecular formula is C9H11MnNO. The van der Waals surface area contributed by atoms with Crippen molar-refractivity contribution in [2.24, 2.45) is 4.99 Å². The van der Waals surface area contributed by atoms with E-state index in [1.54, 1.807) is 0 Å². The maximum absolute atomic E-state index is 9.44. The molecule has 1 rings (SSSR count). The van der Waals surface area contributed by atoms with E-state index in [2.05, 4.69) is 11.7 Å². The molecule has 0 aliphatic carbocycles. The van der Waals surface area contributed by atoms with Crippen LogP contribution in [0.15, 0.2) is 23.2 Å². The zero-order valence-corrected chi connectivity index (χ0v) is 8.10. The summed E-state index contributed by atoms with van der Waals surface area (Å²) in [7, 11) is 0. The SMILES string of the molecule is C=NCc1cccc(C)c1O.[Mn]. The van der Waals surface area contributed by atoms with Crippen molar-refractivity contribution >= 4 is 6.72 Å². The van der Waals surface area contributed by atoms with Gasteiger partial charge in [0.2, 0.25) is 0 Å². The summed E-state index contributed by atoms with van der Waals surface area (Å²) in [6, 6.07) is 5.61. The van der Waals surface area contributed by atoms with Crippen LogP contribution >= 0.6 is 0 Å². The van der Waals surface area contributed by atoms with Gasteiger partial charge >= 0.3 is 0 Å². The summed E-state index contributed by atoms with van der Waals surface area (Å²) in [5.74, 6) is 0.333. The fraction of sp³-hybridized carbons (Fsp3) is 0.222. The minimum atomic E-state index is 0. The molecule has 0 bridgehead atoms. The van der Waals surface area contributed by atoms with Crippen LogP contribution in [0.3, 0.4) is 0 Å². The minimum absolute atomic E-state index is 0. The predicted octanol–water partition coefficient (Wildman–Crippen LogP) is 1.90. The van der Waals surface area contributed by atoms with E-state index in [-0.39, 0.29) is 17.1 Å². The van der Waals surface area contributed by atoms with Crippen LogP contribution in [0, 0.1) is 6.92 Å². The van der Waals surface area contributed by atoms with E-state index in [0.29, 0.717) is 12.3 Å². The summed E-state index contributed by atoms with van der Waals surface area (Å²) in [5, 5.41) is 9.44. The molecular weight excluding hydrogens is 193 g/mol. The average molecular weight is 204 g/mol. The first-order valence-electron chi connectivity index (χ1n) is 3.45. The van der Waals surface area contributed by atoms with Crippen LogP contribution in [0.5, 0.6) is 5.75 Å². The molecule has 12 heavy (non-hydrogen) atoms. The summed E-state index contributed by atoms with van der Waals surface area (Å²) in [5.41, 5.74) is 1.71. The Morgan fingerprint density at radius 3 is 2.75 bits per heavy atom.